The van der Waals surface area contributed by atoms with E-state index < -0.39 is 0 Å². The van der Waals surface area contributed by atoms with Crippen LogP contribution in [0.1, 0.15) is 10.6 Å². The summed E-state index contributed by atoms with van der Waals surface area (Å²) in [5.41, 5.74) is 2.51. The van der Waals surface area contributed by atoms with Crippen LogP contribution in [-0.4, -0.2) is 17.5 Å². The van der Waals surface area contributed by atoms with Crippen LogP contribution in [-0.2, 0) is 11.3 Å². The van der Waals surface area contributed by atoms with Gasteiger partial charge in [-0.05, 0) is 24.3 Å². The van der Waals surface area contributed by atoms with Crippen LogP contribution in [0, 0.1) is 11.3 Å². The number of hydrogen-bond acceptors (Lipinski definition) is 5. The normalized spacial score (nSPS) is 10.0. The summed E-state index contributed by atoms with van der Waals surface area (Å²) in [6, 6.07) is 18.6. The first-order valence-corrected chi connectivity index (χ1v) is 8.52. The Morgan fingerprint density at radius 2 is 1.92 bits per heavy atom. The zero-order valence-electron chi connectivity index (χ0n) is 13.3. The Balaban J connectivity index is 1.47. The van der Waals surface area contributed by atoms with E-state index in [9.17, 15) is 4.79 Å². The largest absolute Gasteiger partial charge is 0.484 e. The summed E-state index contributed by atoms with van der Waals surface area (Å²) in [4.78, 5) is 16.4. The first-order chi connectivity index (χ1) is 12.2. The zero-order chi connectivity index (χ0) is 17.5. The van der Waals surface area contributed by atoms with E-state index in [0.29, 0.717) is 17.9 Å². The smallest absolute Gasteiger partial charge is 0.258 e. The zero-order valence-corrected chi connectivity index (χ0v) is 14.1. The fraction of sp³-hybridized carbons (Fsp3) is 0.105. The molecule has 0 spiro atoms. The van der Waals surface area contributed by atoms with E-state index in [1.54, 1.807) is 24.3 Å². The first kappa shape index (κ1) is 16.7. The molecule has 0 radical (unpaired) electrons. The standard InChI is InChI=1S/C19H15N3O2S/c20-10-14-6-8-16(9-7-14)24-12-18(23)21-11-19-22-17(13-25-19)15-4-2-1-3-5-15/h1-9,13H,11-12H2,(H,21,23). The number of hydrogen-bond donors (Lipinski definition) is 1. The molecule has 0 fully saturated rings. The fourth-order valence-corrected chi connectivity index (χ4v) is 2.88. The van der Waals surface area contributed by atoms with E-state index in [1.807, 2.05) is 41.8 Å². The molecule has 25 heavy (non-hydrogen) atoms. The van der Waals surface area contributed by atoms with Crippen molar-refractivity contribution in [3.63, 3.8) is 0 Å². The van der Waals surface area contributed by atoms with Crippen LogP contribution in [0.25, 0.3) is 11.3 Å². The highest BCUT2D eigenvalue weighted by Crippen LogP contribution is 2.21. The van der Waals surface area contributed by atoms with E-state index in [0.717, 1.165) is 16.3 Å². The number of nitrogens with zero attached hydrogens (tertiary/aromatic N) is 2. The van der Waals surface area contributed by atoms with E-state index in [2.05, 4.69) is 10.3 Å². The number of nitrogens with one attached hydrogen (secondary N) is 1. The maximum Gasteiger partial charge on any atom is 0.258 e. The highest BCUT2D eigenvalue weighted by molar-refractivity contribution is 7.09. The van der Waals surface area contributed by atoms with E-state index in [1.165, 1.54) is 11.3 Å². The molecule has 0 aliphatic carbocycles. The maximum atomic E-state index is 11.9. The van der Waals surface area contributed by atoms with Gasteiger partial charge in [0.05, 0.1) is 23.9 Å². The van der Waals surface area contributed by atoms with Gasteiger partial charge >= 0.3 is 0 Å². The predicted molar refractivity (Wildman–Crippen MR) is 96.0 cm³/mol. The molecule has 3 aromatic rings. The number of nitriles is 1. The van der Waals surface area contributed by atoms with Gasteiger partial charge in [0.2, 0.25) is 0 Å². The molecule has 5 nitrogen and oxygen atoms in total. The summed E-state index contributed by atoms with van der Waals surface area (Å²) >= 11 is 1.51. The van der Waals surface area contributed by atoms with E-state index in [4.69, 9.17) is 10.00 Å². The monoisotopic (exact) mass is 349 g/mol. The Morgan fingerprint density at radius 1 is 1.16 bits per heavy atom. The molecule has 0 atom stereocenters. The summed E-state index contributed by atoms with van der Waals surface area (Å²) < 4.78 is 5.39. The van der Waals surface area contributed by atoms with Gasteiger partial charge in [-0.3, -0.25) is 4.79 Å². The molecule has 6 heteroatoms. The van der Waals surface area contributed by atoms with Gasteiger partial charge in [0.1, 0.15) is 10.8 Å². The summed E-state index contributed by atoms with van der Waals surface area (Å²) in [5, 5.41) is 14.3. The van der Waals surface area contributed by atoms with Gasteiger partial charge in [-0.2, -0.15) is 5.26 Å². The fourth-order valence-electron chi connectivity index (χ4n) is 2.13. The predicted octanol–water partition coefficient (Wildman–Crippen LogP) is 3.38. The van der Waals surface area contributed by atoms with Crippen LogP contribution in [0.3, 0.4) is 0 Å². The van der Waals surface area contributed by atoms with Gasteiger partial charge < -0.3 is 10.1 Å². The molecule has 0 saturated carbocycles. The molecule has 0 aliphatic rings. The highest BCUT2D eigenvalue weighted by atomic mass is 32.1. The Morgan fingerprint density at radius 3 is 2.64 bits per heavy atom. The van der Waals surface area contributed by atoms with E-state index in [-0.39, 0.29) is 12.5 Å². The van der Waals surface area contributed by atoms with Crippen molar-refractivity contribution in [2.24, 2.45) is 0 Å². The van der Waals surface area contributed by atoms with Crippen molar-refractivity contribution < 1.29 is 9.53 Å². The second kappa shape index (κ2) is 8.08. The molecule has 1 heterocycles. The maximum absolute atomic E-state index is 11.9. The number of carbonyl (C=O) groups excluding carboxylic acids is 1. The third-order valence-electron chi connectivity index (χ3n) is 3.41. The van der Waals surface area contributed by atoms with Crippen LogP contribution < -0.4 is 10.1 Å². The molecule has 124 valence electrons. The van der Waals surface area contributed by atoms with Crippen molar-refractivity contribution in [1.29, 1.82) is 5.26 Å². The Bertz CT molecular complexity index is 883. The molecule has 1 N–H and O–H groups in total. The van der Waals surface area contributed by atoms with Gasteiger partial charge in [0.25, 0.3) is 5.91 Å². The first-order valence-electron chi connectivity index (χ1n) is 7.64. The number of aromatic nitrogens is 1. The highest BCUT2D eigenvalue weighted by Gasteiger charge is 2.07. The number of ether oxygens (including phenoxy) is 1. The minimum absolute atomic E-state index is 0.0805. The molecule has 3 rings (SSSR count). The lowest BCUT2D eigenvalue weighted by Gasteiger charge is -2.06. The van der Waals surface area contributed by atoms with Crippen molar-refractivity contribution >= 4 is 17.2 Å². The summed E-state index contributed by atoms with van der Waals surface area (Å²) in [6.07, 6.45) is 0. The summed E-state index contributed by atoms with van der Waals surface area (Å²) in [5.74, 6) is 0.329. The number of amides is 1. The van der Waals surface area contributed by atoms with Gasteiger partial charge in [-0.25, -0.2) is 4.98 Å². The van der Waals surface area contributed by atoms with Gasteiger partial charge in [0.15, 0.2) is 6.61 Å². The lowest BCUT2D eigenvalue weighted by Crippen LogP contribution is -2.28. The van der Waals surface area contributed by atoms with Crippen molar-refractivity contribution in [2.45, 2.75) is 6.54 Å². The van der Waals surface area contributed by atoms with Crippen molar-refractivity contribution in [3.05, 3.63) is 70.5 Å². The lowest BCUT2D eigenvalue weighted by molar-refractivity contribution is -0.123. The van der Waals surface area contributed by atoms with Crippen molar-refractivity contribution in [1.82, 2.24) is 10.3 Å². The Hall–Kier alpha value is -3.17. The summed E-state index contributed by atoms with van der Waals surface area (Å²) in [6.45, 7) is 0.288. The molecule has 0 bridgehead atoms. The second-order valence-corrected chi connectivity index (χ2v) is 6.14. The van der Waals surface area contributed by atoms with Crippen LogP contribution in [0.4, 0.5) is 0 Å². The number of carbonyl (C=O) groups is 1. The van der Waals surface area contributed by atoms with Crippen LogP contribution >= 0.6 is 11.3 Å². The third-order valence-corrected chi connectivity index (χ3v) is 4.26. The van der Waals surface area contributed by atoms with Crippen LogP contribution in [0.5, 0.6) is 5.75 Å². The SMILES string of the molecule is N#Cc1ccc(OCC(=O)NCc2nc(-c3ccccc3)cs2)cc1. The number of thiazole rings is 1. The minimum atomic E-state index is -0.221. The quantitative estimate of drug-likeness (QED) is 0.740. The molecule has 1 aromatic heterocycles. The summed E-state index contributed by atoms with van der Waals surface area (Å²) in [7, 11) is 0. The molecule has 0 aliphatic heterocycles. The Kier molecular flexibility index (Phi) is 5.39. The van der Waals surface area contributed by atoms with Crippen molar-refractivity contribution in [2.75, 3.05) is 6.61 Å². The van der Waals surface area contributed by atoms with Gasteiger partial charge in [-0.15, -0.1) is 11.3 Å². The topological polar surface area (TPSA) is 75.0 Å². The molecule has 1 amide bonds. The van der Waals surface area contributed by atoms with Crippen molar-refractivity contribution in [3.8, 4) is 23.1 Å². The molecule has 0 saturated heterocycles. The molecule has 0 unspecified atom stereocenters. The minimum Gasteiger partial charge on any atom is -0.484 e. The Labute approximate surface area is 149 Å². The molecular formula is C19H15N3O2S. The lowest BCUT2D eigenvalue weighted by atomic mass is 10.2. The number of benzene rings is 2. The molecule has 2 aromatic carbocycles. The average Bonchev–Trinajstić information content (AvgIpc) is 3.15. The van der Waals surface area contributed by atoms with E-state index >= 15 is 0 Å². The third kappa shape index (κ3) is 4.66. The van der Waals surface area contributed by atoms with Crippen LogP contribution in [0.2, 0.25) is 0 Å². The average molecular weight is 349 g/mol. The van der Waals surface area contributed by atoms with Gasteiger partial charge in [0, 0.05) is 10.9 Å². The van der Waals surface area contributed by atoms with Gasteiger partial charge in [-0.1, -0.05) is 30.3 Å². The molecular weight excluding hydrogens is 334 g/mol. The second-order valence-electron chi connectivity index (χ2n) is 5.19. The van der Waals surface area contributed by atoms with Crippen LogP contribution in [0.15, 0.2) is 60.0 Å². The number of rotatable bonds is 6.